The Kier molecular flexibility index (Phi) is 1.30. The van der Waals surface area contributed by atoms with Gasteiger partial charge in [-0.3, -0.25) is 0 Å². The second-order valence-corrected chi connectivity index (χ2v) is 1.69. The predicted molar refractivity (Wildman–Crippen MR) is 30.8 cm³/mol. The molecule has 0 aromatic carbocycles. The van der Waals surface area contributed by atoms with Gasteiger partial charge in [0, 0.05) is 6.42 Å². The van der Waals surface area contributed by atoms with Crippen LogP contribution in [-0.4, -0.2) is 0 Å². The first-order valence-electron chi connectivity index (χ1n) is 2.46. The third kappa shape index (κ3) is 1.19. The molecule has 0 aromatic heterocycles. The van der Waals surface area contributed by atoms with Gasteiger partial charge in [-0.1, -0.05) is 23.8 Å². The number of rotatable bonds is 0. The zero-order valence-electron chi connectivity index (χ0n) is 4.44. The molecule has 1 rings (SSSR count). The van der Waals surface area contributed by atoms with Gasteiger partial charge in [0.25, 0.3) is 0 Å². The smallest absolute Gasteiger partial charge is 0.0125 e. The van der Waals surface area contributed by atoms with E-state index in [0.29, 0.717) is 0 Å². The molecule has 2 radical (unpaired) electrons. The van der Waals surface area contributed by atoms with Crippen molar-refractivity contribution in [3.8, 4) is 0 Å². The summed E-state index contributed by atoms with van der Waals surface area (Å²) < 4.78 is 0. The normalized spacial score (nSPS) is 19.3. The third-order valence-corrected chi connectivity index (χ3v) is 1.01. The van der Waals surface area contributed by atoms with Crippen molar-refractivity contribution >= 4 is 0 Å². The molecule has 7 heavy (non-hydrogen) atoms. The number of allylic oxidation sites excluding steroid dienone is 4. The Labute approximate surface area is 44.5 Å². The fourth-order valence-electron chi connectivity index (χ4n) is 0.546. The average Bonchev–Trinajstić information content (AvgIpc) is 1.69. The number of hydrogen-bond donors (Lipinski definition) is 0. The molecule has 0 heteroatoms. The van der Waals surface area contributed by atoms with Gasteiger partial charge in [0.2, 0.25) is 0 Å². The molecule has 0 aliphatic heterocycles. The standard InChI is InChI=1S/C7H8/c1-7-5-3-2-4-6-7/h3,5-6H,4H2,1H3. The molecule has 0 bridgehead atoms. The lowest BCUT2D eigenvalue weighted by Crippen LogP contribution is -1.77. The van der Waals surface area contributed by atoms with Gasteiger partial charge in [0.15, 0.2) is 0 Å². The van der Waals surface area contributed by atoms with Gasteiger partial charge in [-0.15, -0.1) is 0 Å². The van der Waals surface area contributed by atoms with Crippen LogP contribution in [0.3, 0.4) is 0 Å². The molecule has 0 atom stereocenters. The van der Waals surface area contributed by atoms with Crippen LogP contribution in [0.2, 0.25) is 0 Å². The van der Waals surface area contributed by atoms with Gasteiger partial charge in [0.05, 0.1) is 0 Å². The molecule has 0 heterocycles. The van der Waals surface area contributed by atoms with Crippen molar-refractivity contribution in [1.82, 2.24) is 0 Å². The lowest BCUT2D eigenvalue weighted by Gasteiger charge is -1.95. The van der Waals surface area contributed by atoms with E-state index in [1.165, 1.54) is 5.57 Å². The summed E-state index contributed by atoms with van der Waals surface area (Å²) in [7, 11) is 0. The van der Waals surface area contributed by atoms with Crippen LogP contribution in [0, 0.1) is 6.42 Å². The van der Waals surface area contributed by atoms with Gasteiger partial charge in [-0.2, -0.15) is 0 Å². The average molecular weight is 92.1 g/mol. The van der Waals surface area contributed by atoms with Crippen LogP contribution in [0.5, 0.6) is 0 Å². The van der Waals surface area contributed by atoms with Crippen LogP contribution in [0.4, 0.5) is 0 Å². The predicted octanol–water partition coefficient (Wildman–Crippen LogP) is 1.97. The first kappa shape index (κ1) is 4.63. The highest BCUT2D eigenvalue weighted by Crippen LogP contribution is 2.05. The van der Waals surface area contributed by atoms with Crippen molar-refractivity contribution < 1.29 is 0 Å². The highest BCUT2D eigenvalue weighted by Gasteiger charge is 1.87. The van der Waals surface area contributed by atoms with Crippen LogP contribution in [0.25, 0.3) is 0 Å². The van der Waals surface area contributed by atoms with Crippen LogP contribution < -0.4 is 0 Å². The highest BCUT2D eigenvalue weighted by molar-refractivity contribution is 5.23. The topological polar surface area (TPSA) is 0 Å². The quantitative estimate of drug-likeness (QED) is 0.428. The molecule has 0 saturated carbocycles. The van der Waals surface area contributed by atoms with E-state index in [0.717, 1.165) is 6.42 Å². The summed E-state index contributed by atoms with van der Waals surface area (Å²) in [6.07, 6.45) is 10.2. The van der Waals surface area contributed by atoms with Gasteiger partial charge in [0.1, 0.15) is 0 Å². The molecule has 0 amide bonds. The molecule has 0 aromatic rings. The zero-order chi connectivity index (χ0) is 5.11. The highest BCUT2D eigenvalue weighted by atomic mass is 13.9. The summed E-state index contributed by atoms with van der Waals surface area (Å²) in [5.74, 6) is 0. The Balaban J connectivity index is 2.58. The zero-order valence-corrected chi connectivity index (χ0v) is 4.44. The molecule has 36 valence electrons. The van der Waals surface area contributed by atoms with Crippen molar-refractivity contribution in [3.05, 3.63) is 30.2 Å². The maximum absolute atomic E-state index is 3.06. The molecule has 0 fully saturated rings. The van der Waals surface area contributed by atoms with Crippen molar-refractivity contribution in [2.75, 3.05) is 0 Å². The molecule has 0 N–H and O–H groups in total. The van der Waals surface area contributed by atoms with E-state index in [9.17, 15) is 0 Å². The Morgan fingerprint density at radius 3 is 2.86 bits per heavy atom. The molecule has 0 unspecified atom stereocenters. The molecule has 0 spiro atoms. The lowest BCUT2D eigenvalue weighted by molar-refractivity contribution is 1.22. The van der Waals surface area contributed by atoms with E-state index in [4.69, 9.17) is 0 Å². The van der Waals surface area contributed by atoms with Crippen molar-refractivity contribution in [2.45, 2.75) is 13.3 Å². The van der Waals surface area contributed by atoms with E-state index in [1.807, 2.05) is 6.08 Å². The van der Waals surface area contributed by atoms with Crippen molar-refractivity contribution in [2.24, 2.45) is 0 Å². The van der Waals surface area contributed by atoms with Crippen LogP contribution in [0.1, 0.15) is 13.3 Å². The second-order valence-electron chi connectivity index (χ2n) is 1.69. The summed E-state index contributed by atoms with van der Waals surface area (Å²) in [6, 6.07) is 0. The Bertz CT molecular complexity index is 107. The summed E-state index contributed by atoms with van der Waals surface area (Å²) in [6.45, 7) is 2.09. The third-order valence-electron chi connectivity index (χ3n) is 1.01. The minimum atomic E-state index is 0.988. The molecular formula is C7H8. The minimum Gasteiger partial charge on any atom is -0.0807 e. The van der Waals surface area contributed by atoms with Crippen LogP contribution >= 0.6 is 0 Å². The maximum Gasteiger partial charge on any atom is 0.0125 e. The summed E-state index contributed by atoms with van der Waals surface area (Å²) in [5.41, 5.74) is 1.35. The Morgan fingerprint density at radius 2 is 2.57 bits per heavy atom. The summed E-state index contributed by atoms with van der Waals surface area (Å²) >= 11 is 0. The number of hydrogen-bond acceptors (Lipinski definition) is 0. The fraction of sp³-hybridized carbons (Fsp3) is 0.286. The molecule has 0 nitrogen and oxygen atoms in total. The van der Waals surface area contributed by atoms with Gasteiger partial charge in [-0.05, 0) is 13.3 Å². The molecular weight excluding hydrogens is 84.1 g/mol. The van der Waals surface area contributed by atoms with Gasteiger partial charge in [-0.25, -0.2) is 0 Å². The largest absolute Gasteiger partial charge is 0.0807 e. The van der Waals surface area contributed by atoms with Crippen LogP contribution in [0.15, 0.2) is 23.8 Å². The van der Waals surface area contributed by atoms with Crippen molar-refractivity contribution in [1.29, 1.82) is 0 Å². The molecule has 1 aliphatic carbocycles. The first-order chi connectivity index (χ1) is 3.39. The first-order valence-corrected chi connectivity index (χ1v) is 2.46. The Hall–Kier alpha value is -0.520. The van der Waals surface area contributed by atoms with Gasteiger partial charge < -0.3 is 0 Å². The minimum absolute atomic E-state index is 0.988. The second kappa shape index (κ2) is 1.97. The van der Waals surface area contributed by atoms with Crippen LogP contribution in [-0.2, 0) is 0 Å². The summed E-state index contributed by atoms with van der Waals surface area (Å²) in [5, 5.41) is 0. The van der Waals surface area contributed by atoms with E-state index in [-0.39, 0.29) is 0 Å². The monoisotopic (exact) mass is 92.1 g/mol. The SMILES string of the molecule is CC1=CC[C]C=C1. The van der Waals surface area contributed by atoms with E-state index in [2.05, 4.69) is 25.5 Å². The summed E-state index contributed by atoms with van der Waals surface area (Å²) in [4.78, 5) is 0. The van der Waals surface area contributed by atoms with Crippen molar-refractivity contribution in [3.63, 3.8) is 0 Å². The van der Waals surface area contributed by atoms with Gasteiger partial charge >= 0.3 is 0 Å². The molecule has 1 aliphatic rings. The molecule has 0 saturated heterocycles. The lowest BCUT2D eigenvalue weighted by atomic mass is 10.1. The van der Waals surface area contributed by atoms with E-state index >= 15 is 0 Å². The maximum atomic E-state index is 3.06. The van der Waals surface area contributed by atoms with E-state index in [1.54, 1.807) is 0 Å². The fourth-order valence-corrected chi connectivity index (χ4v) is 0.546. The Morgan fingerprint density at radius 1 is 1.71 bits per heavy atom. The van der Waals surface area contributed by atoms with E-state index < -0.39 is 0 Å².